The van der Waals surface area contributed by atoms with Crippen LogP contribution < -0.4 is 14.2 Å². The molecule has 0 atom stereocenters. The molecule has 6 nitrogen and oxygen atoms in total. The topological polar surface area (TPSA) is 78.9 Å². The van der Waals surface area contributed by atoms with Gasteiger partial charge in [-0.25, -0.2) is 14.4 Å². The highest BCUT2D eigenvalue weighted by molar-refractivity contribution is 5.89. The minimum absolute atomic E-state index is 0.156. The van der Waals surface area contributed by atoms with E-state index in [1.807, 2.05) is 0 Å². The Labute approximate surface area is 140 Å². The Kier molecular flexibility index (Phi) is 6.02. The molecule has 1 rings (SSSR count). The van der Waals surface area contributed by atoms with Crippen LogP contribution in [0.1, 0.15) is 6.92 Å². The maximum Gasteiger partial charge on any atom is 0.491 e. The van der Waals surface area contributed by atoms with E-state index in [2.05, 4.69) is 20.8 Å². The largest absolute Gasteiger partial charge is 0.491 e. The Morgan fingerprint density at radius 3 is 1.35 bits per heavy atom. The zero-order chi connectivity index (χ0) is 20.3. The Balaban J connectivity index is 3.21. The number of carbonyl (C=O) groups excluding carboxylic acids is 3. The fourth-order valence-electron chi connectivity index (χ4n) is 1.25. The number of alkyl halides is 6. The molecule has 1 aromatic carbocycles. The average Bonchev–Trinajstić information content (AvgIpc) is 2.44. The summed E-state index contributed by atoms with van der Waals surface area (Å²) in [5.41, 5.74) is -0.156. The normalized spacial score (nSPS) is 11.5. The zero-order valence-electron chi connectivity index (χ0n) is 12.7. The predicted octanol–water partition coefficient (Wildman–Crippen LogP) is 3.10. The molecule has 0 aliphatic carbocycles. The molecule has 0 saturated heterocycles. The second-order valence-corrected chi connectivity index (χ2v) is 4.58. The van der Waals surface area contributed by atoms with E-state index in [-0.39, 0.29) is 5.57 Å². The van der Waals surface area contributed by atoms with Crippen LogP contribution in [0, 0.1) is 0 Å². The van der Waals surface area contributed by atoms with Gasteiger partial charge in [0.25, 0.3) is 0 Å². The third-order valence-corrected chi connectivity index (χ3v) is 2.30. The first-order valence-corrected chi connectivity index (χ1v) is 6.31. The Bertz CT molecular complexity index is 703. The lowest BCUT2D eigenvalue weighted by Crippen LogP contribution is -2.29. The molecule has 0 fully saturated rings. The summed E-state index contributed by atoms with van der Waals surface area (Å²) in [5, 5.41) is 0. The maximum absolute atomic E-state index is 12.2. The van der Waals surface area contributed by atoms with Crippen molar-refractivity contribution in [1.82, 2.24) is 0 Å². The summed E-state index contributed by atoms with van der Waals surface area (Å²) in [6.45, 7) is 4.42. The van der Waals surface area contributed by atoms with Crippen LogP contribution in [-0.4, -0.2) is 30.3 Å². The van der Waals surface area contributed by atoms with E-state index in [1.165, 1.54) is 6.92 Å². The van der Waals surface area contributed by atoms with Crippen molar-refractivity contribution in [3.8, 4) is 17.2 Å². The molecule has 0 bridgehead atoms. The summed E-state index contributed by atoms with van der Waals surface area (Å²) in [6.07, 6.45) is -10.8. The number of benzene rings is 1. The van der Waals surface area contributed by atoms with Gasteiger partial charge in [-0.3, -0.25) is 0 Å². The number of halogens is 6. The molecule has 0 aliphatic heterocycles. The van der Waals surface area contributed by atoms with Gasteiger partial charge >= 0.3 is 30.3 Å². The fraction of sp³-hybridized carbons (Fsp3) is 0.214. The minimum Gasteiger partial charge on any atom is -0.423 e. The smallest absolute Gasteiger partial charge is 0.423 e. The molecule has 0 N–H and O–H groups in total. The average molecular weight is 386 g/mol. The monoisotopic (exact) mass is 386 g/mol. The first-order chi connectivity index (χ1) is 11.7. The summed E-state index contributed by atoms with van der Waals surface area (Å²) in [4.78, 5) is 33.0. The Hall–Kier alpha value is -3.05. The highest BCUT2D eigenvalue weighted by atomic mass is 19.4. The van der Waals surface area contributed by atoms with Gasteiger partial charge in [-0.15, -0.1) is 0 Å². The van der Waals surface area contributed by atoms with E-state index >= 15 is 0 Å². The molecule has 0 unspecified atom stereocenters. The predicted molar refractivity (Wildman–Crippen MR) is 70.3 cm³/mol. The molecule has 1 aromatic rings. The fourth-order valence-corrected chi connectivity index (χ4v) is 1.25. The standard InChI is InChI=1S/C14H8F6O6/c1-6(2)10(21)24-7-3-8(25-11(22)13(15,16)17)5-9(4-7)26-12(23)14(18,19)20/h3-5H,1H2,2H3. The first-order valence-electron chi connectivity index (χ1n) is 6.31. The Morgan fingerprint density at radius 1 is 0.769 bits per heavy atom. The Morgan fingerprint density at radius 2 is 1.08 bits per heavy atom. The van der Waals surface area contributed by atoms with Crippen LogP contribution in [0.3, 0.4) is 0 Å². The van der Waals surface area contributed by atoms with Crippen molar-refractivity contribution in [3.05, 3.63) is 30.4 Å². The van der Waals surface area contributed by atoms with Gasteiger partial charge in [-0.1, -0.05) is 6.58 Å². The minimum atomic E-state index is -5.41. The zero-order valence-corrected chi connectivity index (χ0v) is 12.7. The molecule has 0 aliphatic rings. The van der Waals surface area contributed by atoms with E-state index in [4.69, 9.17) is 0 Å². The van der Waals surface area contributed by atoms with Gasteiger partial charge < -0.3 is 14.2 Å². The van der Waals surface area contributed by atoms with Gasteiger partial charge in [0.1, 0.15) is 17.2 Å². The molecular formula is C14H8F6O6. The van der Waals surface area contributed by atoms with Crippen molar-refractivity contribution in [2.24, 2.45) is 0 Å². The lowest BCUT2D eigenvalue weighted by atomic mass is 10.3. The molecule has 0 aromatic heterocycles. The molecular weight excluding hydrogens is 378 g/mol. The molecule has 26 heavy (non-hydrogen) atoms. The molecule has 0 heterocycles. The van der Waals surface area contributed by atoms with E-state index < -0.39 is 47.5 Å². The lowest BCUT2D eigenvalue weighted by Gasteiger charge is -2.12. The van der Waals surface area contributed by atoms with E-state index in [0.717, 1.165) is 0 Å². The summed E-state index contributed by atoms with van der Waals surface area (Å²) in [6, 6.07) is 1.58. The lowest BCUT2D eigenvalue weighted by molar-refractivity contribution is -0.190. The van der Waals surface area contributed by atoms with Crippen molar-refractivity contribution < 1.29 is 54.9 Å². The van der Waals surface area contributed by atoms with E-state index in [0.29, 0.717) is 18.2 Å². The SMILES string of the molecule is C=C(C)C(=O)Oc1cc(OC(=O)C(F)(F)F)cc(OC(=O)C(F)(F)F)c1. The highest BCUT2D eigenvalue weighted by Gasteiger charge is 2.42. The number of hydrogen-bond donors (Lipinski definition) is 0. The van der Waals surface area contributed by atoms with Crippen molar-refractivity contribution >= 4 is 17.9 Å². The summed E-state index contributed by atoms with van der Waals surface area (Å²) < 4.78 is 85.7. The second-order valence-electron chi connectivity index (χ2n) is 4.58. The molecule has 0 spiro atoms. The van der Waals surface area contributed by atoms with Crippen molar-refractivity contribution in [2.45, 2.75) is 19.3 Å². The van der Waals surface area contributed by atoms with Crippen LogP contribution in [0.25, 0.3) is 0 Å². The van der Waals surface area contributed by atoms with Crippen LogP contribution in [-0.2, 0) is 14.4 Å². The van der Waals surface area contributed by atoms with Crippen molar-refractivity contribution in [1.29, 1.82) is 0 Å². The van der Waals surface area contributed by atoms with Crippen LogP contribution in [0.2, 0.25) is 0 Å². The maximum atomic E-state index is 12.2. The summed E-state index contributed by atoms with van der Waals surface area (Å²) >= 11 is 0. The molecule has 0 saturated carbocycles. The molecule has 0 amide bonds. The van der Waals surface area contributed by atoms with Crippen LogP contribution in [0.4, 0.5) is 26.3 Å². The number of hydrogen-bond acceptors (Lipinski definition) is 6. The summed E-state index contributed by atoms with van der Waals surface area (Å²) in [7, 11) is 0. The van der Waals surface area contributed by atoms with Crippen molar-refractivity contribution in [2.75, 3.05) is 0 Å². The molecule has 0 radical (unpaired) electrons. The second kappa shape index (κ2) is 7.45. The number of carbonyl (C=O) groups is 3. The van der Waals surface area contributed by atoms with Gasteiger partial charge in [-0.2, -0.15) is 26.3 Å². The molecule has 142 valence electrons. The van der Waals surface area contributed by atoms with Crippen LogP contribution in [0.5, 0.6) is 17.2 Å². The van der Waals surface area contributed by atoms with Crippen molar-refractivity contribution in [3.63, 3.8) is 0 Å². The van der Waals surface area contributed by atoms with Crippen LogP contribution in [0.15, 0.2) is 30.4 Å². The van der Waals surface area contributed by atoms with Gasteiger partial charge in [0.05, 0.1) is 0 Å². The van der Waals surface area contributed by atoms with Crippen LogP contribution >= 0.6 is 0 Å². The van der Waals surface area contributed by atoms with Gasteiger partial charge in [0.2, 0.25) is 0 Å². The quantitative estimate of drug-likeness (QED) is 0.343. The molecule has 12 heteroatoms. The van der Waals surface area contributed by atoms with E-state index in [9.17, 15) is 40.7 Å². The van der Waals surface area contributed by atoms with Gasteiger partial charge in [-0.05, 0) is 6.92 Å². The number of rotatable bonds is 4. The van der Waals surface area contributed by atoms with Gasteiger partial charge in [0, 0.05) is 23.8 Å². The number of esters is 3. The van der Waals surface area contributed by atoms with Gasteiger partial charge in [0.15, 0.2) is 0 Å². The third-order valence-electron chi connectivity index (χ3n) is 2.30. The van der Waals surface area contributed by atoms with E-state index in [1.54, 1.807) is 0 Å². The highest BCUT2D eigenvalue weighted by Crippen LogP contribution is 2.31. The summed E-state index contributed by atoms with van der Waals surface area (Å²) in [5.74, 6) is -9.11. The first kappa shape index (κ1) is 21.0. The number of ether oxygens (including phenoxy) is 3. The third kappa shape index (κ3) is 6.11.